The molecule has 1 fully saturated rings. The molecule has 1 aliphatic heterocycles. The van der Waals surface area contributed by atoms with Crippen molar-refractivity contribution < 1.29 is 14.3 Å². The first-order valence-electron chi connectivity index (χ1n) is 8.77. The van der Waals surface area contributed by atoms with Gasteiger partial charge in [0.05, 0.1) is 30.9 Å². The third-order valence-electron chi connectivity index (χ3n) is 4.44. The minimum Gasteiger partial charge on any atom is -0.477 e. The maximum Gasteiger partial charge on any atom is 0.278 e. The van der Waals surface area contributed by atoms with Crippen LogP contribution in [0.15, 0.2) is 42.9 Å². The van der Waals surface area contributed by atoms with Crippen LogP contribution in [-0.4, -0.2) is 57.0 Å². The van der Waals surface area contributed by atoms with E-state index in [1.807, 2.05) is 24.3 Å². The normalized spacial score (nSPS) is 16.9. The molecule has 0 saturated carbocycles. The maximum atomic E-state index is 12.9. The van der Waals surface area contributed by atoms with Gasteiger partial charge < -0.3 is 14.4 Å². The number of carbonyl (C=O) groups is 1. The number of para-hydroxylation sites is 2. The van der Waals surface area contributed by atoms with E-state index in [-0.39, 0.29) is 12.0 Å². The summed E-state index contributed by atoms with van der Waals surface area (Å²) in [4.78, 5) is 31.7. The molecule has 8 nitrogen and oxygen atoms in total. The number of nitrogens with zero attached hydrogens (tertiary/aromatic N) is 5. The standard InChI is InChI=1S/C19H19N5O3/c1-26-17-18(21-9-8-20-17)27-13-5-4-10-24(12-13)19(25)16-11-22-14-6-2-3-7-15(14)23-16/h2-3,6-9,11,13H,4-5,10,12H2,1H3. The molecule has 8 heteroatoms. The maximum absolute atomic E-state index is 12.9. The Morgan fingerprint density at radius 2 is 1.89 bits per heavy atom. The van der Waals surface area contributed by atoms with Crippen molar-refractivity contribution in [2.75, 3.05) is 20.2 Å². The second kappa shape index (κ2) is 7.53. The van der Waals surface area contributed by atoms with Crippen LogP contribution in [0.5, 0.6) is 11.8 Å². The van der Waals surface area contributed by atoms with Crippen molar-refractivity contribution in [3.05, 3.63) is 48.5 Å². The highest BCUT2D eigenvalue weighted by Gasteiger charge is 2.27. The van der Waals surface area contributed by atoms with E-state index in [4.69, 9.17) is 9.47 Å². The summed E-state index contributed by atoms with van der Waals surface area (Å²) in [5.74, 6) is 0.527. The summed E-state index contributed by atoms with van der Waals surface area (Å²) >= 11 is 0. The molecule has 3 heterocycles. The van der Waals surface area contributed by atoms with E-state index in [1.165, 1.54) is 13.3 Å². The van der Waals surface area contributed by atoms with Crippen molar-refractivity contribution in [1.82, 2.24) is 24.8 Å². The minimum absolute atomic E-state index is 0.146. The molecular weight excluding hydrogens is 346 g/mol. The van der Waals surface area contributed by atoms with Crippen LogP contribution in [0.4, 0.5) is 0 Å². The number of hydrogen-bond acceptors (Lipinski definition) is 7. The third-order valence-corrected chi connectivity index (χ3v) is 4.44. The van der Waals surface area contributed by atoms with E-state index in [0.29, 0.717) is 36.1 Å². The van der Waals surface area contributed by atoms with Gasteiger partial charge in [-0.3, -0.25) is 9.78 Å². The number of piperidine rings is 1. The van der Waals surface area contributed by atoms with Gasteiger partial charge in [-0.25, -0.2) is 15.0 Å². The second-order valence-corrected chi connectivity index (χ2v) is 6.25. The Hall–Kier alpha value is -3.29. The summed E-state index contributed by atoms with van der Waals surface area (Å²) in [5, 5.41) is 0. The lowest BCUT2D eigenvalue weighted by Gasteiger charge is -2.32. The lowest BCUT2D eigenvalue weighted by atomic mass is 10.1. The molecule has 1 unspecified atom stereocenters. The first-order chi connectivity index (χ1) is 13.2. The number of aromatic nitrogens is 4. The fourth-order valence-corrected chi connectivity index (χ4v) is 3.13. The zero-order valence-electron chi connectivity index (χ0n) is 14.9. The summed E-state index contributed by atoms with van der Waals surface area (Å²) in [6, 6.07) is 7.49. The van der Waals surface area contributed by atoms with Gasteiger partial charge in [0.15, 0.2) is 0 Å². The Bertz CT molecular complexity index is 965. The molecular formula is C19H19N5O3. The summed E-state index contributed by atoms with van der Waals surface area (Å²) in [6.45, 7) is 1.11. The summed E-state index contributed by atoms with van der Waals surface area (Å²) in [6.07, 6.45) is 6.10. The van der Waals surface area contributed by atoms with E-state index in [9.17, 15) is 4.79 Å². The van der Waals surface area contributed by atoms with E-state index in [0.717, 1.165) is 18.4 Å². The number of benzene rings is 1. The number of amides is 1. The molecule has 0 N–H and O–H groups in total. The molecule has 1 amide bonds. The fourth-order valence-electron chi connectivity index (χ4n) is 3.13. The van der Waals surface area contributed by atoms with Gasteiger partial charge in [0.2, 0.25) is 0 Å². The van der Waals surface area contributed by atoms with Gasteiger partial charge in [-0.1, -0.05) is 12.1 Å². The molecule has 0 radical (unpaired) electrons. The Morgan fingerprint density at radius 1 is 1.11 bits per heavy atom. The number of hydrogen-bond donors (Lipinski definition) is 0. The van der Waals surface area contributed by atoms with Gasteiger partial charge in [-0.2, -0.15) is 0 Å². The molecule has 1 atom stereocenters. The van der Waals surface area contributed by atoms with Gasteiger partial charge in [-0.05, 0) is 25.0 Å². The Morgan fingerprint density at radius 3 is 2.70 bits per heavy atom. The number of ether oxygens (including phenoxy) is 2. The molecule has 0 aliphatic carbocycles. The predicted molar refractivity (Wildman–Crippen MR) is 97.7 cm³/mol. The average Bonchev–Trinajstić information content (AvgIpc) is 2.73. The zero-order chi connectivity index (χ0) is 18.6. The molecule has 1 aromatic carbocycles. The van der Waals surface area contributed by atoms with Crippen LogP contribution in [0.2, 0.25) is 0 Å². The number of likely N-dealkylation sites (tertiary alicyclic amines) is 1. The van der Waals surface area contributed by atoms with E-state index in [2.05, 4.69) is 19.9 Å². The third kappa shape index (κ3) is 3.64. The number of rotatable bonds is 4. The highest BCUT2D eigenvalue weighted by Crippen LogP contribution is 2.24. The van der Waals surface area contributed by atoms with Crippen molar-refractivity contribution in [3.8, 4) is 11.8 Å². The molecule has 1 saturated heterocycles. The van der Waals surface area contributed by atoms with Crippen LogP contribution >= 0.6 is 0 Å². The van der Waals surface area contributed by atoms with Crippen LogP contribution in [0, 0.1) is 0 Å². The Labute approximate surface area is 156 Å². The Kier molecular flexibility index (Phi) is 4.78. The first-order valence-corrected chi connectivity index (χ1v) is 8.77. The number of fused-ring (bicyclic) bond motifs is 1. The molecule has 1 aliphatic rings. The topological polar surface area (TPSA) is 90.3 Å². The number of methoxy groups -OCH3 is 1. The van der Waals surface area contributed by atoms with Crippen LogP contribution in [-0.2, 0) is 0 Å². The van der Waals surface area contributed by atoms with Crippen molar-refractivity contribution in [2.45, 2.75) is 18.9 Å². The van der Waals surface area contributed by atoms with Crippen LogP contribution < -0.4 is 9.47 Å². The quantitative estimate of drug-likeness (QED) is 0.699. The summed E-state index contributed by atoms with van der Waals surface area (Å²) < 4.78 is 11.1. The van der Waals surface area contributed by atoms with E-state index in [1.54, 1.807) is 17.3 Å². The fraction of sp³-hybridized carbons (Fsp3) is 0.316. The minimum atomic E-state index is -0.179. The van der Waals surface area contributed by atoms with Gasteiger partial charge in [-0.15, -0.1) is 0 Å². The highest BCUT2D eigenvalue weighted by atomic mass is 16.5. The molecule has 27 heavy (non-hydrogen) atoms. The van der Waals surface area contributed by atoms with Gasteiger partial charge in [0.1, 0.15) is 11.8 Å². The Balaban J connectivity index is 1.49. The van der Waals surface area contributed by atoms with Crippen LogP contribution in [0.3, 0.4) is 0 Å². The monoisotopic (exact) mass is 365 g/mol. The lowest BCUT2D eigenvalue weighted by molar-refractivity contribution is 0.0514. The highest BCUT2D eigenvalue weighted by molar-refractivity contribution is 5.93. The first kappa shape index (κ1) is 17.1. The lowest BCUT2D eigenvalue weighted by Crippen LogP contribution is -2.44. The molecule has 0 bridgehead atoms. The average molecular weight is 365 g/mol. The van der Waals surface area contributed by atoms with E-state index >= 15 is 0 Å². The molecule has 3 aromatic rings. The van der Waals surface area contributed by atoms with Crippen LogP contribution in [0.25, 0.3) is 11.0 Å². The predicted octanol–water partition coefficient (Wildman–Crippen LogP) is 2.11. The van der Waals surface area contributed by atoms with Gasteiger partial charge >= 0.3 is 0 Å². The second-order valence-electron chi connectivity index (χ2n) is 6.25. The van der Waals surface area contributed by atoms with E-state index < -0.39 is 0 Å². The summed E-state index contributed by atoms with van der Waals surface area (Å²) in [7, 11) is 1.52. The zero-order valence-corrected chi connectivity index (χ0v) is 14.9. The van der Waals surface area contributed by atoms with Gasteiger partial charge in [0, 0.05) is 18.9 Å². The van der Waals surface area contributed by atoms with Gasteiger partial charge in [0.25, 0.3) is 17.7 Å². The number of carbonyl (C=O) groups excluding carboxylic acids is 1. The van der Waals surface area contributed by atoms with Crippen molar-refractivity contribution >= 4 is 16.9 Å². The van der Waals surface area contributed by atoms with Crippen LogP contribution in [0.1, 0.15) is 23.3 Å². The smallest absolute Gasteiger partial charge is 0.278 e. The molecule has 138 valence electrons. The molecule has 2 aromatic heterocycles. The molecule has 0 spiro atoms. The largest absolute Gasteiger partial charge is 0.477 e. The van der Waals surface area contributed by atoms with Crippen molar-refractivity contribution in [3.63, 3.8) is 0 Å². The SMILES string of the molecule is COc1nccnc1OC1CCCN(C(=O)c2cnc3ccccc3n2)C1. The van der Waals surface area contributed by atoms with Crippen molar-refractivity contribution in [1.29, 1.82) is 0 Å². The van der Waals surface area contributed by atoms with Crippen molar-refractivity contribution in [2.24, 2.45) is 0 Å². The molecule has 4 rings (SSSR count). The summed E-state index contributed by atoms with van der Waals surface area (Å²) in [5.41, 5.74) is 1.81.